The van der Waals surface area contributed by atoms with Crippen LogP contribution in [0.5, 0.6) is 11.5 Å². The van der Waals surface area contributed by atoms with Crippen LogP contribution >= 0.6 is 0 Å². The minimum atomic E-state index is -0.662. The van der Waals surface area contributed by atoms with Gasteiger partial charge in [-0.2, -0.15) is 0 Å². The summed E-state index contributed by atoms with van der Waals surface area (Å²) in [5.74, 6) is -0.160. The Labute approximate surface area is 204 Å². The van der Waals surface area contributed by atoms with Gasteiger partial charge in [-0.25, -0.2) is 9.59 Å². The lowest BCUT2D eigenvalue weighted by Gasteiger charge is -2.08. The maximum atomic E-state index is 12.4. The normalized spacial score (nSPS) is 10.5. The summed E-state index contributed by atoms with van der Waals surface area (Å²) >= 11 is 0. The monoisotopic (exact) mass is 480 g/mol. The highest BCUT2D eigenvalue weighted by Crippen LogP contribution is 2.16. The van der Waals surface area contributed by atoms with Crippen LogP contribution in [0.3, 0.4) is 0 Å². The smallest absolute Gasteiger partial charge is 0.335 e. The molecule has 1 N–H and O–H groups in total. The van der Waals surface area contributed by atoms with Crippen molar-refractivity contribution in [3.05, 3.63) is 90.0 Å². The first-order valence-corrected chi connectivity index (χ1v) is 10.8. The Morgan fingerprint density at radius 1 is 0.800 bits per heavy atom. The van der Waals surface area contributed by atoms with E-state index in [-0.39, 0.29) is 37.8 Å². The zero-order valence-corrected chi connectivity index (χ0v) is 19.5. The van der Waals surface area contributed by atoms with Crippen LogP contribution in [0.15, 0.2) is 78.9 Å². The van der Waals surface area contributed by atoms with Crippen LogP contribution in [0.25, 0.3) is 6.08 Å². The molecule has 35 heavy (non-hydrogen) atoms. The van der Waals surface area contributed by atoms with Gasteiger partial charge in [-0.15, -0.1) is 0 Å². The molecule has 0 spiro atoms. The van der Waals surface area contributed by atoms with Crippen LogP contribution in [-0.4, -0.2) is 55.9 Å². The van der Waals surface area contributed by atoms with Crippen LogP contribution in [0.1, 0.15) is 22.8 Å². The molecule has 0 aliphatic heterocycles. The fourth-order valence-electron chi connectivity index (χ4n) is 2.54. The van der Waals surface area contributed by atoms with Crippen molar-refractivity contribution in [3.63, 3.8) is 0 Å². The van der Waals surface area contributed by atoms with Crippen LogP contribution in [0.2, 0.25) is 0 Å². The van der Waals surface area contributed by atoms with Gasteiger partial charge in [-0.1, -0.05) is 31.4 Å². The van der Waals surface area contributed by atoms with E-state index in [0.717, 1.165) is 5.56 Å². The quantitative estimate of drug-likeness (QED) is 0.189. The van der Waals surface area contributed by atoms with Crippen molar-refractivity contribution in [2.75, 3.05) is 33.0 Å². The Kier molecular flexibility index (Phi) is 11.0. The number of aliphatic hydroxyl groups is 1. The van der Waals surface area contributed by atoms with Crippen LogP contribution in [0, 0.1) is 0 Å². The second-order valence-corrected chi connectivity index (χ2v) is 7.30. The Morgan fingerprint density at radius 2 is 1.31 bits per heavy atom. The maximum Gasteiger partial charge on any atom is 0.335 e. The third kappa shape index (κ3) is 9.69. The number of allylic oxidation sites excluding steroid dienone is 1. The first kappa shape index (κ1) is 27.1. The van der Waals surface area contributed by atoms with E-state index >= 15 is 0 Å². The Bertz CT molecular complexity index is 1070. The Hall–Kier alpha value is -4.17. The number of carbonyl (C=O) groups is 3. The van der Waals surface area contributed by atoms with Gasteiger partial charge in [-0.05, 0) is 55.0 Å². The standard InChI is InChI=1S/C27H28O8/c1-19(2)26(30)34-16-14-33-24-11-7-22(8-12-24)25(29)13-6-21-4-9-23(10-5-21)32-15-17-35-27(31)20(3)18-28/h4-13,28H,1,3,14-18H2,2H3/b13-6+. The first-order chi connectivity index (χ1) is 16.8. The number of benzene rings is 2. The van der Waals surface area contributed by atoms with E-state index in [0.29, 0.717) is 22.6 Å². The fourth-order valence-corrected chi connectivity index (χ4v) is 2.54. The average Bonchev–Trinajstić information content (AvgIpc) is 2.87. The molecule has 8 nitrogen and oxygen atoms in total. The van der Waals surface area contributed by atoms with Gasteiger partial charge >= 0.3 is 11.9 Å². The van der Waals surface area contributed by atoms with Crippen molar-refractivity contribution in [1.82, 2.24) is 0 Å². The molecule has 0 saturated heterocycles. The van der Waals surface area contributed by atoms with Crippen molar-refractivity contribution in [2.45, 2.75) is 6.92 Å². The lowest BCUT2D eigenvalue weighted by molar-refractivity contribution is -0.140. The number of aliphatic hydroxyl groups excluding tert-OH is 1. The molecule has 0 amide bonds. The summed E-state index contributed by atoms with van der Waals surface area (Å²) in [5, 5.41) is 8.80. The number of esters is 2. The largest absolute Gasteiger partial charge is 0.490 e. The molecule has 0 atom stereocenters. The molecular formula is C27H28O8. The lowest BCUT2D eigenvalue weighted by atomic mass is 10.1. The summed E-state index contributed by atoms with van der Waals surface area (Å²) < 4.78 is 20.8. The van der Waals surface area contributed by atoms with Crippen molar-refractivity contribution in [2.24, 2.45) is 0 Å². The number of rotatable bonds is 14. The molecule has 2 aromatic rings. The van der Waals surface area contributed by atoms with Crippen LogP contribution in [-0.2, 0) is 19.1 Å². The van der Waals surface area contributed by atoms with E-state index in [9.17, 15) is 14.4 Å². The molecule has 0 bridgehead atoms. The third-order valence-electron chi connectivity index (χ3n) is 4.44. The number of ketones is 1. The molecule has 0 aromatic heterocycles. The van der Waals surface area contributed by atoms with E-state index < -0.39 is 18.5 Å². The van der Waals surface area contributed by atoms with Crippen LogP contribution < -0.4 is 9.47 Å². The summed E-state index contributed by atoms with van der Waals surface area (Å²) in [6.07, 6.45) is 3.16. The van der Waals surface area contributed by atoms with E-state index in [1.54, 1.807) is 61.5 Å². The number of hydrogen-bond acceptors (Lipinski definition) is 8. The highest BCUT2D eigenvalue weighted by Gasteiger charge is 2.07. The zero-order valence-electron chi connectivity index (χ0n) is 19.5. The molecule has 2 aromatic carbocycles. The van der Waals surface area contributed by atoms with E-state index in [1.807, 2.05) is 0 Å². The second-order valence-electron chi connectivity index (χ2n) is 7.30. The predicted octanol–water partition coefficient (Wildman–Crippen LogP) is 3.55. The van der Waals surface area contributed by atoms with Gasteiger partial charge in [0.15, 0.2) is 5.78 Å². The van der Waals surface area contributed by atoms with Gasteiger partial charge in [0.25, 0.3) is 0 Å². The first-order valence-electron chi connectivity index (χ1n) is 10.8. The summed E-state index contributed by atoms with van der Waals surface area (Å²) in [7, 11) is 0. The number of carbonyl (C=O) groups excluding carboxylic acids is 3. The molecule has 184 valence electrons. The van der Waals surface area contributed by atoms with Gasteiger partial charge in [0, 0.05) is 11.1 Å². The van der Waals surface area contributed by atoms with E-state index in [1.165, 1.54) is 6.08 Å². The van der Waals surface area contributed by atoms with Crippen molar-refractivity contribution in [3.8, 4) is 11.5 Å². The third-order valence-corrected chi connectivity index (χ3v) is 4.44. The molecule has 0 radical (unpaired) electrons. The predicted molar refractivity (Wildman–Crippen MR) is 130 cm³/mol. The molecule has 0 saturated carbocycles. The minimum absolute atomic E-state index is 0.0150. The highest BCUT2D eigenvalue weighted by molar-refractivity contribution is 6.06. The SMILES string of the molecule is C=C(C)C(=O)OCCOc1ccc(C(=O)/C=C/c2ccc(OCCOC(=O)C(=C)CO)cc2)cc1. The van der Waals surface area contributed by atoms with Gasteiger partial charge in [-0.3, -0.25) is 4.79 Å². The van der Waals surface area contributed by atoms with Crippen molar-refractivity contribution in [1.29, 1.82) is 0 Å². The van der Waals surface area contributed by atoms with Crippen molar-refractivity contribution < 1.29 is 38.4 Å². The fraction of sp³-hybridized carbons (Fsp3) is 0.222. The molecular weight excluding hydrogens is 452 g/mol. The second kappa shape index (κ2) is 14.2. The molecule has 0 aliphatic carbocycles. The highest BCUT2D eigenvalue weighted by atomic mass is 16.6. The average molecular weight is 481 g/mol. The van der Waals surface area contributed by atoms with Crippen LogP contribution in [0.4, 0.5) is 0 Å². The molecule has 2 rings (SSSR count). The van der Waals surface area contributed by atoms with Gasteiger partial charge in [0.2, 0.25) is 0 Å². The van der Waals surface area contributed by atoms with Gasteiger partial charge in [0.1, 0.15) is 37.9 Å². The number of hydrogen-bond donors (Lipinski definition) is 1. The summed E-state index contributed by atoms with van der Waals surface area (Å²) in [5.41, 5.74) is 1.62. The number of ether oxygens (including phenoxy) is 4. The summed E-state index contributed by atoms with van der Waals surface area (Å²) in [4.78, 5) is 35.1. The zero-order chi connectivity index (χ0) is 25.6. The Balaban J connectivity index is 1.76. The van der Waals surface area contributed by atoms with E-state index in [2.05, 4.69) is 13.2 Å². The maximum absolute atomic E-state index is 12.4. The van der Waals surface area contributed by atoms with E-state index in [4.69, 9.17) is 24.1 Å². The molecule has 8 heteroatoms. The summed E-state index contributed by atoms with van der Waals surface area (Å²) in [6, 6.07) is 13.7. The minimum Gasteiger partial charge on any atom is -0.490 e. The van der Waals surface area contributed by atoms with Crippen molar-refractivity contribution >= 4 is 23.8 Å². The summed E-state index contributed by atoms with van der Waals surface area (Å²) in [6.45, 7) is 8.47. The van der Waals surface area contributed by atoms with Gasteiger partial charge in [0.05, 0.1) is 12.2 Å². The topological polar surface area (TPSA) is 108 Å². The lowest BCUT2D eigenvalue weighted by Crippen LogP contribution is -2.14. The molecule has 0 unspecified atom stereocenters. The molecule has 0 heterocycles. The molecule has 0 aliphatic rings. The van der Waals surface area contributed by atoms with Gasteiger partial charge < -0.3 is 24.1 Å². The Morgan fingerprint density at radius 3 is 1.83 bits per heavy atom. The molecule has 0 fully saturated rings.